The zero-order valence-corrected chi connectivity index (χ0v) is 9.71. The van der Waals surface area contributed by atoms with Gasteiger partial charge in [0.25, 0.3) is 5.69 Å². The van der Waals surface area contributed by atoms with Crippen molar-refractivity contribution in [2.75, 3.05) is 5.32 Å². The van der Waals surface area contributed by atoms with Gasteiger partial charge in [-0.25, -0.2) is 0 Å². The van der Waals surface area contributed by atoms with Crippen LogP contribution in [0, 0.1) is 16.0 Å². The molecule has 0 fully saturated rings. The van der Waals surface area contributed by atoms with Crippen LogP contribution in [0.2, 0.25) is 0 Å². The van der Waals surface area contributed by atoms with Gasteiger partial charge in [-0.15, -0.1) is 0 Å². The maximum atomic E-state index is 11.7. The van der Waals surface area contributed by atoms with Crippen LogP contribution in [-0.4, -0.2) is 16.9 Å². The number of nitro groups is 1. The van der Waals surface area contributed by atoms with Gasteiger partial charge in [0, 0.05) is 12.1 Å². The number of amides is 1. The number of carbonyl (C=O) groups excluding carboxylic acids is 1. The maximum Gasteiger partial charge on any atom is 0.292 e. The summed E-state index contributed by atoms with van der Waals surface area (Å²) in [6, 6.07) is 5.69. The number of para-hydroxylation sites is 2. The Morgan fingerprint density at radius 1 is 1.41 bits per heavy atom. The van der Waals surface area contributed by atoms with Crippen LogP contribution in [0.15, 0.2) is 24.3 Å². The van der Waals surface area contributed by atoms with E-state index in [4.69, 9.17) is 5.73 Å². The first-order valence-electron chi connectivity index (χ1n) is 5.23. The number of benzene rings is 1. The van der Waals surface area contributed by atoms with E-state index in [0.717, 1.165) is 0 Å². The summed E-state index contributed by atoms with van der Waals surface area (Å²) in [4.78, 5) is 21.9. The summed E-state index contributed by atoms with van der Waals surface area (Å²) in [5.74, 6) is -0.732. The summed E-state index contributed by atoms with van der Waals surface area (Å²) in [5, 5.41) is 13.2. The van der Waals surface area contributed by atoms with Crippen molar-refractivity contribution in [2.45, 2.75) is 19.9 Å². The topological polar surface area (TPSA) is 98.3 Å². The SMILES string of the molecule is CC(N)C(C)C(=O)Nc1ccccc1[N+](=O)[O-]. The van der Waals surface area contributed by atoms with E-state index in [1.807, 2.05) is 0 Å². The van der Waals surface area contributed by atoms with Crippen LogP contribution in [0.4, 0.5) is 11.4 Å². The van der Waals surface area contributed by atoms with Crippen molar-refractivity contribution in [1.29, 1.82) is 0 Å². The molecule has 0 saturated heterocycles. The van der Waals surface area contributed by atoms with Crippen LogP contribution in [-0.2, 0) is 4.79 Å². The van der Waals surface area contributed by atoms with Gasteiger partial charge in [-0.3, -0.25) is 14.9 Å². The van der Waals surface area contributed by atoms with Crippen molar-refractivity contribution in [3.63, 3.8) is 0 Å². The number of hydrogen-bond acceptors (Lipinski definition) is 4. The highest BCUT2D eigenvalue weighted by atomic mass is 16.6. The van der Waals surface area contributed by atoms with Gasteiger partial charge < -0.3 is 11.1 Å². The fourth-order valence-corrected chi connectivity index (χ4v) is 1.22. The molecule has 1 amide bonds. The summed E-state index contributed by atoms with van der Waals surface area (Å²) in [6.45, 7) is 3.39. The number of rotatable bonds is 4. The Bertz CT molecular complexity index is 432. The van der Waals surface area contributed by atoms with E-state index in [9.17, 15) is 14.9 Å². The third-order valence-electron chi connectivity index (χ3n) is 2.56. The molecule has 0 spiro atoms. The lowest BCUT2D eigenvalue weighted by Gasteiger charge is -2.15. The first-order chi connectivity index (χ1) is 7.93. The number of nitro benzene ring substituents is 1. The van der Waals surface area contributed by atoms with Crippen LogP contribution in [0.3, 0.4) is 0 Å². The van der Waals surface area contributed by atoms with Gasteiger partial charge >= 0.3 is 0 Å². The molecule has 6 nitrogen and oxygen atoms in total. The number of nitrogens with one attached hydrogen (secondary N) is 1. The van der Waals surface area contributed by atoms with Crippen LogP contribution < -0.4 is 11.1 Å². The average Bonchev–Trinajstić information content (AvgIpc) is 2.28. The van der Waals surface area contributed by atoms with Crippen molar-refractivity contribution in [3.8, 4) is 0 Å². The number of nitrogens with two attached hydrogens (primary N) is 1. The third kappa shape index (κ3) is 3.25. The fraction of sp³-hybridized carbons (Fsp3) is 0.364. The van der Waals surface area contributed by atoms with Gasteiger partial charge in [-0.1, -0.05) is 19.1 Å². The van der Waals surface area contributed by atoms with Gasteiger partial charge in [0.2, 0.25) is 5.91 Å². The van der Waals surface area contributed by atoms with E-state index >= 15 is 0 Å². The molecule has 1 rings (SSSR count). The highest BCUT2D eigenvalue weighted by molar-refractivity contribution is 5.94. The molecule has 6 heteroatoms. The van der Waals surface area contributed by atoms with Gasteiger partial charge in [0.1, 0.15) is 5.69 Å². The Balaban J connectivity index is 2.89. The van der Waals surface area contributed by atoms with Crippen molar-refractivity contribution in [2.24, 2.45) is 11.7 Å². The van der Waals surface area contributed by atoms with Crippen molar-refractivity contribution in [1.82, 2.24) is 0 Å². The van der Waals surface area contributed by atoms with Crippen molar-refractivity contribution < 1.29 is 9.72 Å². The number of hydrogen-bond donors (Lipinski definition) is 2. The molecule has 0 saturated carbocycles. The number of nitrogens with zero attached hydrogens (tertiary/aromatic N) is 1. The predicted molar refractivity (Wildman–Crippen MR) is 64.5 cm³/mol. The minimum atomic E-state index is -0.536. The quantitative estimate of drug-likeness (QED) is 0.612. The van der Waals surface area contributed by atoms with Gasteiger partial charge in [-0.05, 0) is 13.0 Å². The second-order valence-corrected chi connectivity index (χ2v) is 3.91. The lowest BCUT2D eigenvalue weighted by Crippen LogP contribution is -2.34. The van der Waals surface area contributed by atoms with Crippen molar-refractivity contribution >= 4 is 17.3 Å². The van der Waals surface area contributed by atoms with E-state index < -0.39 is 10.8 Å². The summed E-state index contributed by atoms with van der Waals surface area (Å²) in [7, 11) is 0. The zero-order chi connectivity index (χ0) is 13.0. The molecule has 17 heavy (non-hydrogen) atoms. The molecule has 0 bridgehead atoms. The second kappa shape index (κ2) is 5.40. The molecule has 0 aliphatic rings. The molecule has 0 aliphatic heterocycles. The standard InChI is InChI=1S/C11H15N3O3/c1-7(8(2)12)11(15)13-9-5-3-4-6-10(9)14(16)17/h3-8H,12H2,1-2H3,(H,13,15). The predicted octanol–water partition coefficient (Wildman–Crippen LogP) is 1.52. The number of carbonyl (C=O) groups is 1. The van der Waals surface area contributed by atoms with E-state index in [1.54, 1.807) is 26.0 Å². The molecule has 2 atom stereocenters. The highest BCUT2D eigenvalue weighted by Gasteiger charge is 2.20. The monoisotopic (exact) mass is 237 g/mol. The normalized spacial score (nSPS) is 13.8. The summed E-state index contributed by atoms with van der Waals surface area (Å²) >= 11 is 0. The van der Waals surface area contributed by atoms with E-state index in [1.165, 1.54) is 12.1 Å². The minimum Gasteiger partial charge on any atom is -0.327 e. The van der Waals surface area contributed by atoms with Crippen LogP contribution in [0.25, 0.3) is 0 Å². The van der Waals surface area contributed by atoms with E-state index in [2.05, 4.69) is 5.32 Å². The van der Waals surface area contributed by atoms with Gasteiger partial charge in [0.15, 0.2) is 0 Å². The zero-order valence-electron chi connectivity index (χ0n) is 9.71. The molecule has 0 radical (unpaired) electrons. The molecule has 1 aromatic rings. The first kappa shape index (κ1) is 13.1. The average molecular weight is 237 g/mol. The molecule has 0 aromatic heterocycles. The fourth-order valence-electron chi connectivity index (χ4n) is 1.22. The summed E-state index contributed by atoms with van der Waals surface area (Å²) in [6.07, 6.45) is 0. The molecule has 3 N–H and O–H groups in total. The first-order valence-corrected chi connectivity index (χ1v) is 5.23. The highest BCUT2D eigenvalue weighted by Crippen LogP contribution is 2.23. The summed E-state index contributed by atoms with van der Waals surface area (Å²) < 4.78 is 0. The maximum absolute atomic E-state index is 11.7. The lowest BCUT2D eigenvalue weighted by molar-refractivity contribution is -0.383. The molecule has 92 valence electrons. The largest absolute Gasteiger partial charge is 0.327 e. The van der Waals surface area contributed by atoms with Crippen LogP contribution in [0.5, 0.6) is 0 Å². The summed E-state index contributed by atoms with van der Waals surface area (Å²) in [5.41, 5.74) is 5.66. The Kier molecular flexibility index (Phi) is 4.17. The Hall–Kier alpha value is -1.95. The van der Waals surface area contributed by atoms with E-state index in [0.29, 0.717) is 0 Å². The molecule has 0 heterocycles. The Labute approximate surface area is 99.0 Å². The molecule has 1 aromatic carbocycles. The lowest BCUT2D eigenvalue weighted by atomic mass is 10.0. The smallest absolute Gasteiger partial charge is 0.292 e. The Morgan fingerprint density at radius 3 is 2.53 bits per heavy atom. The third-order valence-corrected chi connectivity index (χ3v) is 2.56. The van der Waals surface area contributed by atoms with Gasteiger partial charge in [0.05, 0.1) is 10.8 Å². The van der Waals surface area contributed by atoms with Crippen LogP contribution >= 0.6 is 0 Å². The molecular formula is C11H15N3O3. The molecular weight excluding hydrogens is 222 g/mol. The van der Waals surface area contributed by atoms with Crippen LogP contribution in [0.1, 0.15) is 13.8 Å². The second-order valence-electron chi connectivity index (χ2n) is 3.91. The molecule has 2 unspecified atom stereocenters. The minimum absolute atomic E-state index is 0.127. The van der Waals surface area contributed by atoms with Gasteiger partial charge in [-0.2, -0.15) is 0 Å². The van der Waals surface area contributed by atoms with Crippen molar-refractivity contribution in [3.05, 3.63) is 34.4 Å². The number of anilines is 1. The molecule has 0 aliphatic carbocycles. The van der Waals surface area contributed by atoms with E-state index in [-0.39, 0.29) is 23.3 Å². The Morgan fingerprint density at radius 2 is 2.00 bits per heavy atom.